The quantitative estimate of drug-likeness (QED) is 0.719. The summed E-state index contributed by atoms with van der Waals surface area (Å²) < 4.78 is 10.3. The third-order valence-corrected chi connectivity index (χ3v) is 1.88. The molecule has 1 aromatic carbocycles. The van der Waals surface area contributed by atoms with Gasteiger partial charge in [-0.05, 0) is 30.7 Å². The summed E-state index contributed by atoms with van der Waals surface area (Å²) in [6, 6.07) is 5.84. The van der Waals surface area contributed by atoms with Crippen LogP contribution >= 0.6 is 18.8 Å². The second kappa shape index (κ2) is 12.5. The Hall–Kier alpha value is 0.00831. The average molecular weight is 464 g/mol. The second-order valence-corrected chi connectivity index (χ2v) is 6.06. The van der Waals surface area contributed by atoms with Gasteiger partial charge in [0, 0.05) is 0 Å². The first-order valence-electron chi connectivity index (χ1n) is 4.46. The first-order chi connectivity index (χ1) is 7.73. The normalized spacial score (nSPS) is 8.76. The van der Waals surface area contributed by atoms with Crippen molar-refractivity contribution in [2.75, 3.05) is 20.8 Å². The molecule has 0 fully saturated rings. The fraction of sp³-hybridized carbons (Fsp3) is 0.400. The Bertz CT molecular complexity index is 304. The third kappa shape index (κ3) is 7.85. The minimum absolute atomic E-state index is 0. The van der Waals surface area contributed by atoms with Crippen molar-refractivity contribution < 1.29 is 26.0 Å². The Morgan fingerprint density at radius 2 is 1.71 bits per heavy atom. The van der Waals surface area contributed by atoms with E-state index in [1.54, 1.807) is 14.2 Å². The van der Waals surface area contributed by atoms with E-state index in [4.69, 9.17) is 34.0 Å². The summed E-state index contributed by atoms with van der Waals surface area (Å²) in [5.74, 6) is 1.51. The van der Waals surface area contributed by atoms with Crippen LogP contribution in [-0.2, 0) is 22.9 Å². The molecule has 104 valence electrons. The van der Waals surface area contributed by atoms with E-state index in [0.29, 0.717) is 6.54 Å². The molecule has 0 atom stereocenters. The van der Waals surface area contributed by atoms with Crippen LogP contribution in [0.15, 0.2) is 18.2 Å². The van der Waals surface area contributed by atoms with Gasteiger partial charge in [0.1, 0.15) is 0 Å². The van der Waals surface area contributed by atoms with E-state index in [1.165, 1.54) is 5.56 Å². The Labute approximate surface area is 119 Å². The van der Waals surface area contributed by atoms with Crippen molar-refractivity contribution in [1.29, 1.82) is 0 Å². The van der Waals surface area contributed by atoms with Crippen LogP contribution in [0.25, 0.3) is 0 Å². The van der Waals surface area contributed by atoms with Gasteiger partial charge in [0.05, 0.1) is 14.2 Å². The van der Waals surface area contributed by atoms with E-state index in [2.05, 4.69) is 0 Å². The Morgan fingerprint density at radius 3 is 2.12 bits per heavy atom. The molecule has 0 heterocycles. The van der Waals surface area contributed by atoms with Crippen molar-refractivity contribution in [3.05, 3.63) is 23.8 Å². The molecule has 0 aromatic heterocycles. The predicted molar refractivity (Wildman–Crippen MR) is 69.0 cm³/mol. The molecule has 0 aliphatic rings. The molecule has 17 heavy (non-hydrogen) atoms. The van der Waals surface area contributed by atoms with Crippen LogP contribution in [0.2, 0.25) is 0 Å². The molecule has 0 saturated heterocycles. The molecule has 1 aromatic rings. The Morgan fingerprint density at radius 1 is 1.18 bits per heavy atom. The third-order valence-electron chi connectivity index (χ3n) is 1.88. The van der Waals surface area contributed by atoms with E-state index in [-0.39, 0.29) is 6.15 Å². The summed E-state index contributed by atoms with van der Waals surface area (Å²) >= 11 is -0.472. The topological polar surface area (TPSA) is 79.5 Å². The van der Waals surface area contributed by atoms with Gasteiger partial charge in [-0.2, -0.15) is 0 Å². The maximum atomic E-state index is 5.45. The predicted octanol–water partition coefficient (Wildman–Crippen LogP) is 2.74. The van der Waals surface area contributed by atoms with Gasteiger partial charge in [-0.1, -0.05) is 6.07 Å². The first kappa shape index (κ1) is 19.4. The van der Waals surface area contributed by atoms with Gasteiger partial charge in [0.15, 0.2) is 11.5 Å². The molecule has 0 spiro atoms. The number of hydrogen-bond donors (Lipinski definition) is 2. The van der Waals surface area contributed by atoms with E-state index in [1.807, 2.05) is 18.2 Å². The van der Waals surface area contributed by atoms with Gasteiger partial charge in [-0.3, -0.25) is 0 Å². The molecule has 0 bridgehead atoms. The second-order valence-electron chi connectivity index (χ2n) is 2.77. The summed E-state index contributed by atoms with van der Waals surface area (Å²) in [4.78, 5) is 0. The molecular weight excluding hydrogens is 446 g/mol. The number of hydrogen-bond acceptors (Lipinski definition) is 4. The van der Waals surface area contributed by atoms with Gasteiger partial charge in [-0.25, -0.2) is 0 Å². The Balaban J connectivity index is 0. The Kier molecular flexibility index (Phi) is 14.2. The monoisotopic (exact) mass is 463 g/mol. The summed E-state index contributed by atoms with van der Waals surface area (Å²) in [7, 11) is 13.0. The SMILES string of the molecule is COc1ccc(CCN)cc1OC.N.[Cl][Pt][Cl]. The molecule has 0 aliphatic heterocycles. The van der Waals surface area contributed by atoms with Crippen molar-refractivity contribution in [3.63, 3.8) is 0 Å². The molecule has 7 heteroatoms. The zero-order valence-electron chi connectivity index (χ0n) is 9.82. The summed E-state index contributed by atoms with van der Waals surface area (Å²) in [6.07, 6.45) is 0.861. The van der Waals surface area contributed by atoms with E-state index < -0.39 is 16.5 Å². The van der Waals surface area contributed by atoms with Crippen LogP contribution in [0, 0.1) is 0 Å². The van der Waals surface area contributed by atoms with Crippen molar-refractivity contribution in [2.45, 2.75) is 6.42 Å². The number of rotatable bonds is 4. The number of benzene rings is 1. The molecular formula is C10H18Cl2N2O2Pt. The van der Waals surface area contributed by atoms with Crippen LogP contribution in [-0.4, -0.2) is 20.8 Å². The molecule has 0 saturated carbocycles. The molecule has 0 amide bonds. The van der Waals surface area contributed by atoms with E-state index >= 15 is 0 Å². The van der Waals surface area contributed by atoms with Gasteiger partial charge >= 0.3 is 35.3 Å². The first-order valence-corrected chi connectivity index (χ1v) is 10.1. The van der Waals surface area contributed by atoms with Crippen LogP contribution in [0.3, 0.4) is 0 Å². The van der Waals surface area contributed by atoms with Crippen LogP contribution in [0.5, 0.6) is 11.5 Å². The molecule has 1 rings (SSSR count). The number of methoxy groups -OCH3 is 2. The number of nitrogens with two attached hydrogens (primary N) is 1. The van der Waals surface area contributed by atoms with Crippen molar-refractivity contribution in [3.8, 4) is 11.5 Å². The average Bonchev–Trinajstić information content (AvgIpc) is 2.30. The molecule has 0 unspecified atom stereocenters. The van der Waals surface area contributed by atoms with Gasteiger partial charge < -0.3 is 21.4 Å². The molecule has 5 N–H and O–H groups in total. The summed E-state index contributed by atoms with van der Waals surface area (Å²) in [5, 5.41) is 0. The summed E-state index contributed by atoms with van der Waals surface area (Å²) in [5.41, 5.74) is 6.62. The van der Waals surface area contributed by atoms with E-state index in [9.17, 15) is 0 Å². The molecule has 0 aliphatic carbocycles. The van der Waals surface area contributed by atoms with Crippen molar-refractivity contribution in [2.24, 2.45) is 5.73 Å². The van der Waals surface area contributed by atoms with Crippen LogP contribution in [0.4, 0.5) is 0 Å². The minimum atomic E-state index is -0.472. The van der Waals surface area contributed by atoms with Crippen molar-refractivity contribution in [1.82, 2.24) is 6.15 Å². The zero-order chi connectivity index (χ0) is 12.4. The zero-order valence-corrected chi connectivity index (χ0v) is 13.6. The van der Waals surface area contributed by atoms with Crippen LogP contribution < -0.4 is 21.4 Å². The van der Waals surface area contributed by atoms with Gasteiger partial charge in [0.2, 0.25) is 0 Å². The summed E-state index contributed by atoms with van der Waals surface area (Å²) in [6.45, 7) is 0.648. The van der Waals surface area contributed by atoms with Gasteiger partial charge in [0.25, 0.3) is 0 Å². The molecule has 0 radical (unpaired) electrons. The van der Waals surface area contributed by atoms with Gasteiger partial charge in [-0.15, -0.1) is 0 Å². The number of ether oxygens (including phenoxy) is 2. The molecule has 4 nitrogen and oxygen atoms in total. The fourth-order valence-electron chi connectivity index (χ4n) is 1.20. The standard InChI is InChI=1S/C10H15NO2.2ClH.H3N.Pt/c1-12-9-4-3-8(5-6-11)7-10(9)13-2;;;;/h3-4,7H,5-6,11H2,1-2H3;2*1H;1H3;/q;;;;+2/p-2. The van der Waals surface area contributed by atoms with E-state index in [0.717, 1.165) is 17.9 Å². The fourth-order valence-corrected chi connectivity index (χ4v) is 1.20. The maximum absolute atomic E-state index is 5.45. The van der Waals surface area contributed by atoms with Crippen LogP contribution in [0.1, 0.15) is 5.56 Å². The van der Waals surface area contributed by atoms with Crippen molar-refractivity contribution >= 4 is 18.8 Å². The number of halogens is 2.